The summed E-state index contributed by atoms with van der Waals surface area (Å²) in [4.78, 5) is 28.9. The second-order valence-corrected chi connectivity index (χ2v) is 12.7. The number of nitrogens with zero attached hydrogens (tertiary/aromatic N) is 2. The van der Waals surface area contributed by atoms with Gasteiger partial charge in [-0.05, 0) is 69.0 Å². The number of aryl methyl sites for hydroxylation is 2. The van der Waals surface area contributed by atoms with Crippen LogP contribution in [-0.2, 0) is 26.2 Å². The summed E-state index contributed by atoms with van der Waals surface area (Å²) in [5.41, 5.74) is 2.83. The number of hydrogen-bond acceptors (Lipinski definition) is 4. The monoisotopic (exact) mass is 581 g/mol. The van der Waals surface area contributed by atoms with E-state index in [0.717, 1.165) is 41.1 Å². The average molecular weight is 582 g/mol. The van der Waals surface area contributed by atoms with Gasteiger partial charge in [0.15, 0.2) is 0 Å². The van der Waals surface area contributed by atoms with Gasteiger partial charge in [-0.25, -0.2) is 8.42 Å². The number of anilines is 1. The van der Waals surface area contributed by atoms with E-state index in [2.05, 4.69) is 5.32 Å². The lowest BCUT2D eigenvalue weighted by atomic mass is 10.1. The molecule has 0 spiro atoms. The topological polar surface area (TPSA) is 86.8 Å². The highest BCUT2D eigenvalue weighted by atomic mass is 35.5. The summed E-state index contributed by atoms with van der Waals surface area (Å²) in [6.07, 6.45) is 3.97. The van der Waals surface area contributed by atoms with E-state index in [1.807, 2.05) is 31.2 Å². The molecule has 0 aromatic heterocycles. The fourth-order valence-electron chi connectivity index (χ4n) is 5.07. The molecule has 0 heterocycles. The van der Waals surface area contributed by atoms with Gasteiger partial charge in [-0.1, -0.05) is 78.5 Å². The standard InChI is InChI=1S/C31H36ClN3O4S/c1-22-10-9-11-25(18-22)20-34(24(3)31(37)33-27-12-7-8-13-27)30(36)21-35(29-19-26(32)17-16-23(29)2)40(38,39)28-14-5-4-6-15-28/h4-6,9-11,14-19,24,27H,7-8,12-13,20-21H2,1-3H3,(H,33,37)/t24-/m0/s1. The summed E-state index contributed by atoms with van der Waals surface area (Å²) >= 11 is 6.28. The minimum absolute atomic E-state index is 0.0550. The first kappa shape index (κ1) is 29.6. The molecule has 0 radical (unpaired) electrons. The quantitative estimate of drug-likeness (QED) is 0.336. The molecule has 7 nitrogen and oxygen atoms in total. The van der Waals surface area contributed by atoms with Gasteiger partial charge < -0.3 is 10.2 Å². The second-order valence-electron chi connectivity index (χ2n) is 10.4. The lowest BCUT2D eigenvalue weighted by Gasteiger charge is -2.33. The number of amides is 2. The van der Waals surface area contributed by atoms with Crippen molar-refractivity contribution in [3.05, 3.63) is 94.5 Å². The van der Waals surface area contributed by atoms with Crippen molar-refractivity contribution in [2.75, 3.05) is 10.8 Å². The molecular formula is C31H36ClN3O4S. The summed E-state index contributed by atoms with van der Waals surface area (Å²) in [6, 6.07) is 19.9. The molecule has 1 fully saturated rings. The molecule has 3 aromatic carbocycles. The molecule has 9 heteroatoms. The average Bonchev–Trinajstić information content (AvgIpc) is 3.45. The summed E-state index contributed by atoms with van der Waals surface area (Å²) < 4.78 is 28.9. The third-order valence-corrected chi connectivity index (χ3v) is 9.36. The highest BCUT2D eigenvalue weighted by Crippen LogP contribution is 2.30. The summed E-state index contributed by atoms with van der Waals surface area (Å²) in [6.45, 7) is 5.09. The van der Waals surface area contributed by atoms with E-state index < -0.39 is 28.5 Å². The van der Waals surface area contributed by atoms with E-state index in [4.69, 9.17) is 11.6 Å². The normalized spacial score (nSPS) is 14.5. The Labute approximate surface area is 242 Å². The van der Waals surface area contributed by atoms with Crippen molar-refractivity contribution < 1.29 is 18.0 Å². The number of nitrogens with one attached hydrogen (secondary N) is 1. The summed E-state index contributed by atoms with van der Waals surface area (Å²) in [5, 5.41) is 3.44. The van der Waals surface area contributed by atoms with Crippen molar-refractivity contribution >= 4 is 39.1 Å². The lowest BCUT2D eigenvalue weighted by molar-refractivity contribution is -0.139. The highest BCUT2D eigenvalue weighted by molar-refractivity contribution is 7.92. The maximum absolute atomic E-state index is 14.1. The van der Waals surface area contributed by atoms with Gasteiger partial charge in [-0.3, -0.25) is 13.9 Å². The number of benzene rings is 3. The fourth-order valence-corrected chi connectivity index (χ4v) is 6.72. The van der Waals surface area contributed by atoms with Gasteiger partial charge in [0.2, 0.25) is 11.8 Å². The third-order valence-electron chi connectivity index (χ3n) is 7.35. The molecule has 3 aromatic rings. The summed E-state index contributed by atoms with van der Waals surface area (Å²) in [5.74, 6) is -0.737. The third kappa shape index (κ3) is 7.04. The van der Waals surface area contributed by atoms with Crippen molar-refractivity contribution in [1.29, 1.82) is 0 Å². The van der Waals surface area contributed by atoms with Crippen molar-refractivity contribution in [3.8, 4) is 0 Å². The summed E-state index contributed by atoms with van der Waals surface area (Å²) in [7, 11) is -4.14. The van der Waals surface area contributed by atoms with Gasteiger partial charge in [0.1, 0.15) is 12.6 Å². The molecular weight excluding hydrogens is 546 g/mol. The van der Waals surface area contributed by atoms with Crippen LogP contribution >= 0.6 is 11.6 Å². The number of hydrogen-bond donors (Lipinski definition) is 1. The highest BCUT2D eigenvalue weighted by Gasteiger charge is 2.34. The van der Waals surface area contributed by atoms with Gasteiger partial charge in [-0.2, -0.15) is 0 Å². The maximum atomic E-state index is 14.1. The van der Waals surface area contributed by atoms with Gasteiger partial charge in [0, 0.05) is 17.6 Å². The van der Waals surface area contributed by atoms with Crippen molar-refractivity contribution in [2.24, 2.45) is 0 Å². The SMILES string of the molecule is Cc1cccc(CN(C(=O)CN(c2cc(Cl)ccc2C)S(=O)(=O)c2ccccc2)[C@@H](C)C(=O)NC2CCCC2)c1. The molecule has 0 bridgehead atoms. The van der Waals surface area contributed by atoms with Crippen LogP contribution in [0.3, 0.4) is 0 Å². The number of rotatable bonds is 10. The van der Waals surface area contributed by atoms with E-state index in [1.165, 1.54) is 17.0 Å². The number of carbonyl (C=O) groups excluding carboxylic acids is 2. The van der Waals surface area contributed by atoms with Gasteiger partial charge >= 0.3 is 0 Å². The molecule has 0 saturated heterocycles. The minimum atomic E-state index is -4.14. The molecule has 1 saturated carbocycles. The van der Waals surface area contributed by atoms with Crippen LogP contribution in [0.15, 0.2) is 77.7 Å². The van der Waals surface area contributed by atoms with Crippen molar-refractivity contribution in [2.45, 2.75) is 70.0 Å². The molecule has 0 unspecified atom stereocenters. The van der Waals surface area contributed by atoms with Crippen LogP contribution in [0.2, 0.25) is 5.02 Å². The predicted octanol–water partition coefficient (Wildman–Crippen LogP) is 5.63. The van der Waals surface area contributed by atoms with Crippen LogP contribution < -0.4 is 9.62 Å². The van der Waals surface area contributed by atoms with Crippen LogP contribution in [0.25, 0.3) is 0 Å². The van der Waals surface area contributed by atoms with Crippen LogP contribution in [-0.4, -0.2) is 43.8 Å². The zero-order valence-corrected chi connectivity index (χ0v) is 24.7. The van der Waals surface area contributed by atoms with Gasteiger partial charge in [0.05, 0.1) is 10.6 Å². The Morgan fingerprint density at radius 1 is 0.975 bits per heavy atom. The first-order valence-electron chi connectivity index (χ1n) is 13.6. The fraction of sp³-hybridized carbons (Fsp3) is 0.355. The zero-order valence-electron chi connectivity index (χ0n) is 23.1. The molecule has 212 valence electrons. The van der Waals surface area contributed by atoms with Crippen LogP contribution in [0.1, 0.15) is 49.3 Å². The zero-order chi connectivity index (χ0) is 28.9. The Hall–Kier alpha value is -3.36. The molecule has 0 aliphatic heterocycles. The Kier molecular flexibility index (Phi) is 9.53. The first-order chi connectivity index (χ1) is 19.1. The second kappa shape index (κ2) is 12.9. The maximum Gasteiger partial charge on any atom is 0.264 e. The van der Waals surface area contributed by atoms with Gasteiger partial charge in [0.25, 0.3) is 10.0 Å². The van der Waals surface area contributed by atoms with E-state index in [0.29, 0.717) is 16.3 Å². The van der Waals surface area contributed by atoms with Crippen molar-refractivity contribution in [3.63, 3.8) is 0 Å². The van der Waals surface area contributed by atoms with E-state index in [1.54, 1.807) is 50.2 Å². The largest absolute Gasteiger partial charge is 0.352 e. The Morgan fingerprint density at radius 2 is 1.68 bits per heavy atom. The van der Waals surface area contributed by atoms with Crippen LogP contribution in [0.5, 0.6) is 0 Å². The number of carbonyl (C=O) groups is 2. The Balaban J connectivity index is 1.71. The lowest BCUT2D eigenvalue weighted by Crippen LogP contribution is -2.52. The Bertz CT molecular complexity index is 1460. The molecule has 4 rings (SSSR count). The molecule has 1 aliphatic rings. The predicted molar refractivity (Wildman–Crippen MR) is 159 cm³/mol. The first-order valence-corrected chi connectivity index (χ1v) is 15.4. The van der Waals surface area contributed by atoms with Gasteiger partial charge in [-0.15, -0.1) is 0 Å². The minimum Gasteiger partial charge on any atom is -0.352 e. The molecule has 1 N–H and O–H groups in total. The number of sulfonamides is 1. The van der Waals surface area contributed by atoms with E-state index in [-0.39, 0.29) is 23.4 Å². The molecule has 1 aliphatic carbocycles. The van der Waals surface area contributed by atoms with E-state index >= 15 is 0 Å². The number of halogens is 1. The molecule has 2 amide bonds. The van der Waals surface area contributed by atoms with Crippen molar-refractivity contribution in [1.82, 2.24) is 10.2 Å². The van der Waals surface area contributed by atoms with Crippen LogP contribution in [0.4, 0.5) is 5.69 Å². The Morgan fingerprint density at radius 3 is 2.35 bits per heavy atom. The molecule has 1 atom stereocenters. The van der Waals surface area contributed by atoms with Crippen LogP contribution in [0, 0.1) is 13.8 Å². The molecule has 40 heavy (non-hydrogen) atoms. The van der Waals surface area contributed by atoms with E-state index in [9.17, 15) is 18.0 Å². The smallest absolute Gasteiger partial charge is 0.264 e.